The molecule has 0 bridgehead atoms. The third-order valence-corrected chi connectivity index (χ3v) is 3.34. The van der Waals surface area contributed by atoms with E-state index in [0.29, 0.717) is 0 Å². The van der Waals surface area contributed by atoms with E-state index in [2.05, 4.69) is 11.1 Å². The van der Waals surface area contributed by atoms with Crippen molar-refractivity contribution in [2.24, 2.45) is 0 Å². The summed E-state index contributed by atoms with van der Waals surface area (Å²) >= 11 is 5.87. The molecule has 1 aromatic carbocycles. The Balaban J connectivity index is 1.96. The van der Waals surface area contributed by atoms with Gasteiger partial charge in [0.25, 0.3) is 0 Å². The van der Waals surface area contributed by atoms with Gasteiger partial charge in [0.15, 0.2) is 0 Å². The second kappa shape index (κ2) is 7.27. The van der Waals surface area contributed by atoms with Gasteiger partial charge in [-0.2, -0.15) is 0 Å². The van der Waals surface area contributed by atoms with Crippen molar-refractivity contribution in [3.05, 3.63) is 53.2 Å². The van der Waals surface area contributed by atoms with Crippen LogP contribution in [0.1, 0.15) is 24.8 Å². The minimum Gasteiger partial charge on any atom is -0.396 e. The van der Waals surface area contributed by atoms with Gasteiger partial charge in [0.05, 0.1) is 5.69 Å². The number of benzene rings is 1. The molecule has 2 nitrogen and oxygen atoms in total. The number of aryl methyl sites for hydroxylation is 1. The Morgan fingerprint density at radius 2 is 1.74 bits per heavy atom. The minimum atomic E-state index is 0.285. The van der Waals surface area contributed by atoms with Gasteiger partial charge in [-0.3, -0.25) is 4.98 Å². The summed E-state index contributed by atoms with van der Waals surface area (Å²) in [5.74, 6) is 0. The predicted octanol–water partition coefficient (Wildman–Crippen LogP) is 4.11. The largest absolute Gasteiger partial charge is 0.396 e. The Morgan fingerprint density at radius 3 is 2.37 bits per heavy atom. The van der Waals surface area contributed by atoms with Crippen molar-refractivity contribution in [1.82, 2.24) is 4.98 Å². The van der Waals surface area contributed by atoms with Crippen LogP contribution in [0.5, 0.6) is 0 Å². The molecule has 1 N–H and O–H groups in total. The molecular weight excluding hydrogens is 258 g/mol. The number of rotatable bonds is 6. The van der Waals surface area contributed by atoms with Crippen LogP contribution in [0.2, 0.25) is 5.02 Å². The number of nitrogens with zero attached hydrogens (tertiary/aromatic N) is 1. The number of aromatic nitrogens is 1. The number of aliphatic hydroxyl groups is 1. The lowest BCUT2D eigenvalue weighted by molar-refractivity contribution is 0.283. The van der Waals surface area contributed by atoms with Crippen molar-refractivity contribution in [3.8, 4) is 11.3 Å². The summed E-state index contributed by atoms with van der Waals surface area (Å²) in [6.07, 6.45) is 6.00. The molecule has 0 radical (unpaired) electrons. The highest BCUT2D eigenvalue weighted by Gasteiger charge is 2.00. The summed E-state index contributed by atoms with van der Waals surface area (Å²) in [4.78, 5) is 4.49. The number of hydrogen-bond donors (Lipinski definition) is 1. The van der Waals surface area contributed by atoms with Crippen LogP contribution in [0.15, 0.2) is 42.6 Å². The minimum absolute atomic E-state index is 0.285. The van der Waals surface area contributed by atoms with Crippen molar-refractivity contribution in [2.45, 2.75) is 25.7 Å². The van der Waals surface area contributed by atoms with E-state index < -0.39 is 0 Å². The molecule has 1 heterocycles. The summed E-state index contributed by atoms with van der Waals surface area (Å²) in [6.45, 7) is 0.285. The first kappa shape index (κ1) is 14.0. The molecule has 0 aliphatic heterocycles. The fourth-order valence-electron chi connectivity index (χ4n) is 1.98. The molecule has 0 saturated heterocycles. The molecule has 3 heteroatoms. The Hall–Kier alpha value is -1.38. The van der Waals surface area contributed by atoms with E-state index in [9.17, 15) is 0 Å². The molecule has 2 rings (SSSR count). The number of halogens is 1. The highest BCUT2D eigenvalue weighted by atomic mass is 35.5. The topological polar surface area (TPSA) is 33.1 Å². The van der Waals surface area contributed by atoms with Crippen LogP contribution in [0, 0.1) is 0 Å². The van der Waals surface area contributed by atoms with Gasteiger partial charge in [-0.25, -0.2) is 0 Å². The first-order valence-electron chi connectivity index (χ1n) is 6.61. The van der Waals surface area contributed by atoms with E-state index in [1.807, 2.05) is 36.5 Å². The normalized spacial score (nSPS) is 10.6. The number of pyridine rings is 1. The first-order valence-corrected chi connectivity index (χ1v) is 6.99. The SMILES string of the molecule is OCCCCCc1ccc(-c2ccc(Cl)cc2)nc1. The van der Waals surface area contributed by atoms with Gasteiger partial charge in [0.1, 0.15) is 0 Å². The van der Waals surface area contributed by atoms with Crippen LogP contribution in [0.4, 0.5) is 0 Å². The van der Waals surface area contributed by atoms with Crippen LogP contribution in [-0.4, -0.2) is 16.7 Å². The maximum Gasteiger partial charge on any atom is 0.0702 e. The second-order valence-corrected chi connectivity index (χ2v) is 5.03. The summed E-state index contributed by atoms with van der Waals surface area (Å²) < 4.78 is 0. The van der Waals surface area contributed by atoms with Crippen LogP contribution in [0.3, 0.4) is 0 Å². The van der Waals surface area contributed by atoms with Crippen LogP contribution in [0.25, 0.3) is 11.3 Å². The van der Waals surface area contributed by atoms with E-state index >= 15 is 0 Å². The molecule has 0 saturated carbocycles. The van der Waals surface area contributed by atoms with Crippen LogP contribution in [-0.2, 0) is 6.42 Å². The maximum atomic E-state index is 8.72. The highest BCUT2D eigenvalue weighted by molar-refractivity contribution is 6.30. The summed E-state index contributed by atoms with van der Waals surface area (Å²) in [5.41, 5.74) is 3.29. The van der Waals surface area contributed by atoms with Gasteiger partial charge in [-0.15, -0.1) is 0 Å². The molecular formula is C16H18ClNO. The summed E-state index contributed by atoms with van der Waals surface area (Å²) in [7, 11) is 0. The molecule has 100 valence electrons. The molecule has 0 amide bonds. The average Bonchev–Trinajstić information content (AvgIpc) is 2.45. The zero-order valence-electron chi connectivity index (χ0n) is 10.8. The molecule has 0 atom stereocenters. The van der Waals surface area contributed by atoms with Crippen molar-refractivity contribution >= 4 is 11.6 Å². The number of unbranched alkanes of at least 4 members (excludes halogenated alkanes) is 2. The van der Waals surface area contributed by atoms with Gasteiger partial charge in [0.2, 0.25) is 0 Å². The van der Waals surface area contributed by atoms with Crippen molar-refractivity contribution < 1.29 is 5.11 Å². The van der Waals surface area contributed by atoms with E-state index in [1.54, 1.807) is 0 Å². The van der Waals surface area contributed by atoms with Crippen molar-refractivity contribution in [3.63, 3.8) is 0 Å². The fourth-order valence-corrected chi connectivity index (χ4v) is 2.11. The summed E-state index contributed by atoms with van der Waals surface area (Å²) in [6, 6.07) is 11.9. The highest BCUT2D eigenvalue weighted by Crippen LogP contribution is 2.20. The summed E-state index contributed by atoms with van der Waals surface area (Å²) in [5, 5.41) is 9.46. The van der Waals surface area contributed by atoms with Gasteiger partial charge in [0, 0.05) is 23.4 Å². The van der Waals surface area contributed by atoms with E-state index in [-0.39, 0.29) is 6.61 Å². The Bertz CT molecular complexity index is 493. The average molecular weight is 276 g/mol. The molecule has 0 aliphatic carbocycles. The van der Waals surface area contributed by atoms with Crippen LogP contribution < -0.4 is 0 Å². The van der Waals surface area contributed by atoms with Gasteiger partial charge < -0.3 is 5.11 Å². The first-order chi connectivity index (χ1) is 9.29. The maximum absolute atomic E-state index is 8.72. The molecule has 19 heavy (non-hydrogen) atoms. The molecule has 0 aliphatic rings. The van der Waals surface area contributed by atoms with E-state index in [0.717, 1.165) is 42.0 Å². The van der Waals surface area contributed by atoms with Crippen molar-refractivity contribution in [1.29, 1.82) is 0 Å². The third-order valence-electron chi connectivity index (χ3n) is 3.09. The van der Waals surface area contributed by atoms with Gasteiger partial charge in [-0.1, -0.05) is 36.2 Å². The Morgan fingerprint density at radius 1 is 0.947 bits per heavy atom. The van der Waals surface area contributed by atoms with Gasteiger partial charge >= 0.3 is 0 Å². The third kappa shape index (κ3) is 4.34. The zero-order chi connectivity index (χ0) is 13.5. The van der Waals surface area contributed by atoms with E-state index in [1.165, 1.54) is 5.56 Å². The quantitative estimate of drug-likeness (QED) is 0.805. The molecule has 1 aromatic heterocycles. The monoisotopic (exact) mass is 275 g/mol. The number of aliphatic hydroxyl groups excluding tert-OH is 1. The molecule has 0 spiro atoms. The van der Waals surface area contributed by atoms with Gasteiger partial charge in [-0.05, 0) is 43.0 Å². The lowest BCUT2D eigenvalue weighted by Crippen LogP contribution is -1.90. The second-order valence-electron chi connectivity index (χ2n) is 4.59. The molecule has 0 unspecified atom stereocenters. The van der Waals surface area contributed by atoms with E-state index in [4.69, 9.17) is 16.7 Å². The predicted molar refractivity (Wildman–Crippen MR) is 79.3 cm³/mol. The standard InChI is InChI=1S/C16H18ClNO/c17-15-8-6-14(7-9-15)16-10-5-13(12-18-16)4-2-1-3-11-19/h5-10,12,19H,1-4,11H2. The lowest BCUT2D eigenvalue weighted by atomic mass is 10.1. The fraction of sp³-hybridized carbons (Fsp3) is 0.312. The Kier molecular flexibility index (Phi) is 5.37. The van der Waals surface area contributed by atoms with Crippen LogP contribution >= 0.6 is 11.6 Å². The Labute approximate surface area is 119 Å². The lowest BCUT2D eigenvalue weighted by Gasteiger charge is -2.04. The number of hydrogen-bond acceptors (Lipinski definition) is 2. The molecule has 0 fully saturated rings. The van der Waals surface area contributed by atoms with Crippen molar-refractivity contribution in [2.75, 3.05) is 6.61 Å². The zero-order valence-corrected chi connectivity index (χ0v) is 11.6. The smallest absolute Gasteiger partial charge is 0.0702 e. The molecule has 2 aromatic rings.